The number of imide groups is 1. The Balaban J connectivity index is 1.70. The smallest absolute Gasteiger partial charge is 0.322 e. The second-order valence-corrected chi connectivity index (χ2v) is 8.33. The maximum absolute atomic E-state index is 14.3. The molecule has 1 saturated carbocycles. The number of fused-ring (bicyclic) bond motifs is 2. The summed E-state index contributed by atoms with van der Waals surface area (Å²) in [6.45, 7) is 3.31. The molecular weight excluding hydrogens is 365 g/mol. The fourth-order valence-electron chi connectivity index (χ4n) is 5.07. The lowest BCUT2D eigenvalue weighted by Crippen LogP contribution is -2.55. The molecule has 28 heavy (non-hydrogen) atoms. The molecule has 1 aliphatic carbocycles. The number of nitrogens with zero attached hydrogens (tertiary/aromatic N) is 1. The highest BCUT2D eigenvalue weighted by atomic mass is 19.1. The molecule has 2 heterocycles. The van der Waals surface area contributed by atoms with E-state index in [0.717, 1.165) is 11.1 Å². The molecule has 1 saturated heterocycles. The number of carbonyl (C=O) groups excluding carboxylic acids is 2. The number of hydrogen-bond acceptors (Lipinski definition) is 5. The Bertz CT molecular complexity index is 820. The average Bonchev–Trinajstić information content (AvgIpc) is 3.10. The number of ether oxygens (including phenoxy) is 1. The number of aliphatic hydroxyl groups excluding tert-OH is 1. The monoisotopic (exact) mass is 391 g/mol. The van der Waals surface area contributed by atoms with Gasteiger partial charge in [-0.15, -0.1) is 0 Å². The van der Waals surface area contributed by atoms with Crippen molar-refractivity contribution in [2.24, 2.45) is 5.92 Å². The van der Waals surface area contributed by atoms with E-state index in [0.29, 0.717) is 38.8 Å². The highest BCUT2D eigenvalue weighted by Crippen LogP contribution is 2.52. The minimum absolute atomic E-state index is 0.0724. The summed E-state index contributed by atoms with van der Waals surface area (Å²) in [4.78, 5) is 26.3. The van der Waals surface area contributed by atoms with Gasteiger partial charge < -0.3 is 15.2 Å². The zero-order valence-electron chi connectivity index (χ0n) is 16.2. The van der Waals surface area contributed by atoms with Crippen LogP contribution < -0.4 is 15.4 Å². The fraction of sp³-hybridized carbons (Fsp3) is 0.600. The molecule has 1 aromatic rings. The van der Waals surface area contributed by atoms with Crippen LogP contribution in [0, 0.1) is 11.7 Å². The lowest BCUT2D eigenvalue weighted by atomic mass is 9.69. The summed E-state index contributed by atoms with van der Waals surface area (Å²) in [5.41, 5.74) is 0.719. The standard InChI is InChI=1S/C20H26FN3O4/c1-12(11-25)9-24-10-13-7-15(21)16(28-2)8-14(13)20(24)5-3-19(4-6-20)17(26)22-18(27)23-19/h7-8,12,25H,3-6,9-11H2,1-2H3,(H2,22,23,26,27)/t12-,19?,20?/m1/s1. The molecule has 0 radical (unpaired) electrons. The van der Waals surface area contributed by atoms with Crippen molar-refractivity contribution in [3.63, 3.8) is 0 Å². The van der Waals surface area contributed by atoms with E-state index < -0.39 is 11.6 Å². The Kier molecular flexibility index (Phi) is 4.58. The summed E-state index contributed by atoms with van der Waals surface area (Å²) in [6.07, 6.45) is 2.32. The van der Waals surface area contributed by atoms with Gasteiger partial charge in [0.15, 0.2) is 11.6 Å². The van der Waals surface area contributed by atoms with Gasteiger partial charge in [0.2, 0.25) is 0 Å². The van der Waals surface area contributed by atoms with Crippen LogP contribution in [0.1, 0.15) is 43.7 Å². The first-order valence-corrected chi connectivity index (χ1v) is 9.70. The van der Waals surface area contributed by atoms with E-state index in [1.54, 1.807) is 6.07 Å². The Morgan fingerprint density at radius 2 is 2.00 bits per heavy atom. The molecule has 7 nitrogen and oxygen atoms in total. The molecule has 3 N–H and O–H groups in total. The zero-order valence-corrected chi connectivity index (χ0v) is 16.2. The largest absolute Gasteiger partial charge is 0.494 e. The molecular formula is C20H26FN3O4. The van der Waals surface area contributed by atoms with E-state index in [2.05, 4.69) is 15.5 Å². The van der Waals surface area contributed by atoms with Crippen LogP contribution in [0.25, 0.3) is 0 Å². The summed E-state index contributed by atoms with van der Waals surface area (Å²) in [6, 6.07) is 2.87. The zero-order chi connectivity index (χ0) is 20.1. The quantitative estimate of drug-likeness (QED) is 0.679. The Hall–Kier alpha value is -2.19. The van der Waals surface area contributed by atoms with E-state index in [4.69, 9.17) is 4.74 Å². The summed E-state index contributed by atoms with van der Waals surface area (Å²) >= 11 is 0. The summed E-state index contributed by atoms with van der Waals surface area (Å²) < 4.78 is 19.5. The minimum atomic E-state index is -0.858. The van der Waals surface area contributed by atoms with Crippen LogP contribution in [0.4, 0.5) is 9.18 Å². The number of urea groups is 1. The van der Waals surface area contributed by atoms with Gasteiger partial charge in [0.05, 0.1) is 7.11 Å². The van der Waals surface area contributed by atoms with Crippen molar-refractivity contribution in [1.29, 1.82) is 0 Å². The maximum atomic E-state index is 14.3. The van der Waals surface area contributed by atoms with Gasteiger partial charge in [-0.05, 0) is 54.9 Å². The molecule has 3 amide bonds. The van der Waals surface area contributed by atoms with Gasteiger partial charge in [0, 0.05) is 25.2 Å². The van der Waals surface area contributed by atoms with Gasteiger partial charge in [-0.2, -0.15) is 0 Å². The summed E-state index contributed by atoms with van der Waals surface area (Å²) in [7, 11) is 1.45. The van der Waals surface area contributed by atoms with Gasteiger partial charge in [-0.3, -0.25) is 15.0 Å². The maximum Gasteiger partial charge on any atom is 0.322 e. The second kappa shape index (κ2) is 6.70. The van der Waals surface area contributed by atoms with Crippen molar-refractivity contribution in [3.8, 4) is 5.75 Å². The van der Waals surface area contributed by atoms with Gasteiger partial charge >= 0.3 is 6.03 Å². The van der Waals surface area contributed by atoms with Crippen molar-refractivity contribution < 1.29 is 23.8 Å². The number of nitrogens with one attached hydrogen (secondary N) is 2. The van der Waals surface area contributed by atoms with Gasteiger partial charge in [-0.25, -0.2) is 9.18 Å². The number of amides is 3. The molecule has 2 spiro atoms. The third-order valence-corrected chi connectivity index (χ3v) is 6.63. The number of benzene rings is 1. The lowest BCUT2D eigenvalue weighted by Gasteiger charge is -2.47. The van der Waals surface area contributed by atoms with E-state index in [1.807, 2.05) is 6.92 Å². The molecule has 152 valence electrons. The number of aliphatic hydroxyl groups is 1. The SMILES string of the molecule is COc1cc2c(cc1F)CN(C[C@@H](C)CO)C21CCC2(CC1)NC(=O)NC2=O. The van der Waals surface area contributed by atoms with Crippen LogP contribution in [0.5, 0.6) is 5.75 Å². The van der Waals surface area contributed by atoms with Crippen molar-refractivity contribution in [2.75, 3.05) is 20.3 Å². The van der Waals surface area contributed by atoms with Gasteiger partial charge in [-0.1, -0.05) is 6.92 Å². The van der Waals surface area contributed by atoms with Crippen molar-refractivity contribution in [1.82, 2.24) is 15.5 Å². The normalized spacial score (nSPS) is 30.4. The second-order valence-electron chi connectivity index (χ2n) is 8.33. The molecule has 1 aromatic carbocycles. The molecule has 0 unspecified atom stereocenters. The lowest BCUT2D eigenvalue weighted by molar-refractivity contribution is -0.126. The van der Waals surface area contributed by atoms with Crippen LogP contribution in [-0.2, 0) is 16.9 Å². The molecule has 1 atom stereocenters. The Labute approximate surface area is 163 Å². The van der Waals surface area contributed by atoms with E-state index in [-0.39, 0.29) is 35.5 Å². The van der Waals surface area contributed by atoms with Crippen molar-refractivity contribution >= 4 is 11.9 Å². The van der Waals surface area contributed by atoms with Crippen molar-refractivity contribution in [3.05, 3.63) is 29.1 Å². The van der Waals surface area contributed by atoms with Gasteiger partial charge in [0.1, 0.15) is 5.54 Å². The molecule has 8 heteroatoms. The average molecular weight is 391 g/mol. The van der Waals surface area contributed by atoms with Crippen LogP contribution in [-0.4, -0.2) is 47.7 Å². The molecule has 0 aromatic heterocycles. The number of hydrogen-bond donors (Lipinski definition) is 3. The van der Waals surface area contributed by atoms with Crippen LogP contribution >= 0.6 is 0 Å². The first-order valence-electron chi connectivity index (χ1n) is 9.70. The molecule has 0 bridgehead atoms. The third kappa shape index (κ3) is 2.78. The predicted octanol–water partition coefficient (Wildman–Crippen LogP) is 1.63. The highest BCUT2D eigenvalue weighted by molar-refractivity contribution is 6.07. The number of halogens is 1. The Morgan fingerprint density at radius 3 is 2.57 bits per heavy atom. The first-order chi connectivity index (χ1) is 13.3. The Morgan fingerprint density at radius 1 is 1.29 bits per heavy atom. The topological polar surface area (TPSA) is 90.9 Å². The van der Waals surface area contributed by atoms with E-state index >= 15 is 0 Å². The van der Waals surface area contributed by atoms with E-state index in [1.165, 1.54) is 13.2 Å². The van der Waals surface area contributed by atoms with E-state index in [9.17, 15) is 19.1 Å². The first kappa shape index (κ1) is 19.1. The molecule has 4 rings (SSSR count). The summed E-state index contributed by atoms with van der Waals surface area (Å²) in [5, 5.41) is 14.7. The third-order valence-electron chi connectivity index (χ3n) is 6.63. The van der Waals surface area contributed by atoms with Crippen LogP contribution in [0.2, 0.25) is 0 Å². The van der Waals surface area contributed by atoms with Gasteiger partial charge in [0.25, 0.3) is 5.91 Å². The molecule has 2 aliphatic heterocycles. The minimum Gasteiger partial charge on any atom is -0.494 e. The number of rotatable bonds is 4. The fourth-order valence-corrected chi connectivity index (χ4v) is 5.07. The highest BCUT2D eigenvalue weighted by Gasteiger charge is 2.56. The number of carbonyl (C=O) groups is 2. The van der Waals surface area contributed by atoms with Crippen LogP contribution in [0.15, 0.2) is 12.1 Å². The van der Waals surface area contributed by atoms with Crippen molar-refractivity contribution in [2.45, 2.75) is 50.2 Å². The number of methoxy groups -OCH3 is 1. The van der Waals surface area contributed by atoms with Crippen LogP contribution in [0.3, 0.4) is 0 Å². The molecule has 3 aliphatic rings. The summed E-state index contributed by atoms with van der Waals surface area (Å²) in [5.74, 6) is -0.369. The predicted molar refractivity (Wildman–Crippen MR) is 99.2 cm³/mol. The molecule has 2 fully saturated rings.